The average molecular weight is 155 g/mol. The van der Waals surface area contributed by atoms with E-state index in [-0.39, 0.29) is 0 Å². The Morgan fingerprint density at radius 3 is 2.55 bits per heavy atom. The molecule has 0 aromatic rings. The van der Waals surface area contributed by atoms with Gasteiger partial charge in [-0.1, -0.05) is 19.3 Å². The van der Waals surface area contributed by atoms with E-state index in [2.05, 4.69) is 0 Å². The van der Waals surface area contributed by atoms with Crippen LogP contribution < -0.4 is 0 Å². The van der Waals surface area contributed by atoms with Crippen molar-refractivity contribution >= 4 is 0 Å². The Labute approximate surface area is 67.8 Å². The topological polar surface area (TPSA) is 18.5 Å². The second kappa shape index (κ2) is 3.55. The predicted octanol–water partition coefficient (Wildman–Crippen LogP) is 2.45. The third-order valence-corrected chi connectivity index (χ3v) is 2.75. The third kappa shape index (κ3) is 1.74. The van der Waals surface area contributed by atoms with E-state index >= 15 is 0 Å². The number of hydrogen-bond donors (Lipinski definition) is 0. The van der Waals surface area contributed by atoms with Crippen molar-refractivity contribution in [2.24, 2.45) is 5.92 Å². The van der Waals surface area contributed by atoms with Crippen LogP contribution in [0.5, 0.6) is 0 Å². The van der Waals surface area contributed by atoms with Gasteiger partial charge in [-0.3, -0.25) is 0 Å². The van der Waals surface area contributed by atoms with E-state index < -0.39 is 0 Å². The fourth-order valence-electron chi connectivity index (χ4n) is 2.06. The van der Waals surface area contributed by atoms with Gasteiger partial charge in [0.15, 0.2) is 0 Å². The monoisotopic (exact) mass is 155 g/mol. The van der Waals surface area contributed by atoms with Crippen LogP contribution in [0.3, 0.4) is 0 Å². The van der Waals surface area contributed by atoms with Crippen molar-refractivity contribution in [2.75, 3.05) is 0 Å². The largest absolute Gasteiger partial charge is 0.233 e. The molecular formula is C9H15O2. The van der Waals surface area contributed by atoms with Gasteiger partial charge in [0, 0.05) is 6.42 Å². The van der Waals surface area contributed by atoms with Gasteiger partial charge in [0.25, 0.3) is 0 Å². The highest BCUT2D eigenvalue weighted by Gasteiger charge is 2.28. The van der Waals surface area contributed by atoms with E-state index in [1.165, 1.54) is 32.1 Å². The van der Waals surface area contributed by atoms with Crippen molar-refractivity contribution in [2.45, 2.75) is 44.6 Å². The fraction of sp³-hybridized carbons (Fsp3) is 0.889. The zero-order valence-corrected chi connectivity index (χ0v) is 6.79. The first-order chi connectivity index (χ1) is 5.47. The van der Waals surface area contributed by atoms with Crippen LogP contribution in [-0.2, 0) is 9.78 Å². The summed E-state index contributed by atoms with van der Waals surface area (Å²) in [5, 5.41) is 0. The molecule has 0 N–H and O–H groups in total. The van der Waals surface area contributed by atoms with Gasteiger partial charge in [-0.25, -0.2) is 9.78 Å². The highest BCUT2D eigenvalue weighted by atomic mass is 17.2. The zero-order valence-electron chi connectivity index (χ0n) is 6.79. The summed E-state index contributed by atoms with van der Waals surface area (Å²) in [6.07, 6.45) is 8.20. The standard InChI is InChI=1S/C9H15O2/c1-2-4-8(5-3-1)9-6-7-10-11-9/h7-9H,1-6H2. The van der Waals surface area contributed by atoms with Crippen LogP contribution in [0.25, 0.3) is 0 Å². The SMILES string of the molecule is [CH]1CC(C2CCCCC2)OO1. The first kappa shape index (κ1) is 7.56. The fourth-order valence-corrected chi connectivity index (χ4v) is 2.06. The molecular weight excluding hydrogens is 140 g/mol. The Bertz CT molecular complexity index is 113. The third-order valence-electron chi connectivity index (χ3n) is 2.75. The molecule has 0 aromatic carbocycles. The molecule has 1 saturated carbocycles. The summed E-state index contributed by atoms with van der Waals surface area (Å²) >= 11 is 0. The lowest BCUT2D eigenvalue weighted by molar-refractivity contribution is -0.268. The Kier molecular flexibility index (Phi) is 2.44. The van der Waals surface area contributed by atoms with Gasteiger partial charge >= 0.3 is 0 Å². The Morgan fingerprint density at radius 2 is 1.91 bits per heavy atom. The second-order valence-corrected chi connectivity index (χ2v) is 3.53. The summed E-state index contributed by atoms with van der Waals surface area (Å²) in [5.74, 6) is 0.766. The van der Waals surface area contributed by atoms with E-state index in [0.29, 0.717) is 6.10 Å². The maximum atomic E-state index is 5.14. The van der Waals surface area contributed by atoms with Crippen LogP contribution in [-0.4, -0.2) is 6.10 Å². The molecule has 2 rings (SSSR count). The summed E-state index contributed by atoms with van der Waals surface area (Å²) in [5.41, 5.74) is 0. The van der Waals surface area contributed by atoms with Gasteiger partial charge in [0.2, 0.25) is 0 Å². The maximum absolute atomic E-state index is 5.14. The van der Waals surface area contributed by atoms with Gasteiger partial charge in [-0.15, -0.1) is 0 Å². The molecule has 2 nitrogen and oxygen atoms in total. The smallest absolute Gasteiger partial charge is 0.125 e. The Morgan fingerprint density at radius 1 is 1.09 bits per heavy atom. The molecule has 1 heterocycles. The van der Waals surface area contributed by atoms with Gasteiger partial charge in [0.05, 0.1) is 6.10 Å². The number of hydrogen-bond acceptors (Lipinski definition) is 2. The first-order valence-electron chi connectivity index (χ1n) is 4.60. The average Bonchev–Trinajstić information content (AvgIpc) is 2.58. The molecule has 1 radical (unpaired) electrons. The second-order valence-electron chi connectivity index (χ2n) is 3.53. The van der Waals surface area contributed by atoms with Gasteiger partial charge in [0.1, 0.15) is 6.61 Å². The molecule has 2 aliphatic rings. The summed E-state index contributed by atoms with van der Waals surface area (Å²) in [4.78, 5) is 9.92. The van der Waals surface area contributed by atoms with Crippen LogP contribution in [0, 0.1) is 12.5 Å². The van der Waals surface area contributed by atoms with Crippen molar-refractivity contribution in [1.29, 1.82) is 0 Å². The maximum Gasteiger partial charge on any atom is 0.125 e. The molecule has 1 atom stereocenters. The lowest BCUT2D eigenvalue weighted by atomic mass is 9.84. The van der Waals surface area contributed by atoms with E-state index in [4.69, 9.17) is 9.78 Å². The summed E-state index contributed by atoms with van der Waals surface area (Å²) < 4.78 is 0. The van der Waals surface area contributed by atoms with Crippen molar-refractivity contribution in [3.8, 4) is 0 Å². The van der Waals surface area contributed by atoms with Crippen LogP contribution in [0.15, 0.2) is 0 Å². The predicted molar refractivity (Wildman–Crippen MR) is 41.5 cm³/mol. The molecule has 1 saturated heterocycles. The van der Waals surface area contributed by atoms with E-state index in [1.807, 2.05) is 0 Å². The highest BCUT2D eigenvalue weighted by Crippen LogP contribution is 2.32. The molecule has 0 aromatic heterocycles. The lowest BCUT2D eigenvalue weighted by Gasteiger charge is -2.24. The quantitative estimate of drug-likeness (QED) is 0.541. The zero-order chi connectivity index (χ0) is 7.52. The van der Waals surface area contributed by atoms with Crippen molar-refractivity contribution < 1.29 is 9.78 Å². The minimum Gasteiger partial charge on any atom is -0.233 e. The highest BCUT2D eigenvalue weighted by molar-refractivity contribution is 4.78. The molecule has 0 spiro atoms. The summed E-state index contributed by atoms with van der Waals surface area (Å²) in [7, 11) is 0. The molecule has 0 amide bonds. The summed E-state index contributed by atoms with van der Waals surface area (Å²) in [6, 6.07) is 0. The van der Waals surface area contributed by atoms with Gasteiger partial charge in [-0.2, -0.15) is 0 Å². The van der Waals surface area contributed by atoms with Crippen molar-refractivity contribution in [3.63, 3.8) is 0 Å². The van der Waals surface area contributed by atoms with Crippen molar-refractivity contribution in [1.82, 2.24) is 0 Å². The van der Waals surface area contributed by atoms with Crippen LogP contribution in [0.2, 0.25) is 0 Å². The van der Waals surface area contributed by atoms with Gasteiger partial charge < -0.3 is 0 Å². The minimum absolute atomic E-state index is 0.371. The molecule has 1 unspecified atom stereocenters. The van der Waals surface area contributed by atoms with Crippen molar-refractivity contribution in [3.05, 3.63) is 6.61 Å². The molecule has 1 aliphatic heterocycles. The Balaban J connectivity index is 1.82. The Hall–Kier alpha value is -0.0800. The molecule has 0 bridgehead atoms. The molecule has 63 valence electrons. The first-order valence-corrected chi connectivity index (χ1v) is 4.60. The lowest BCUT2D eigenvalue weighted by Crippen LogP contribution is -2.21. The van der Waals surface area contributed by atoms with Crippen LogP contribution in [0.1, 0.15) is 38.5 Å². The van der Waals surface area contributed by atoms with Gasteiger partial charge in [-0.05, 0) is 18.8 Å². The van der Waals surface area contributed by atoms with E-state index in [1.54, 1.807) is 6.61 Å². The number of rotatable bonds is 1. The normalized spacial score (nSPS) is 34.4. The molecule has 2 heteroatoms. The summed E-state index contributed by atoms with van der Waals surface area (Å²) in [6.45, 7) is 1.78. The van der Waals surface area contributed by atoms with Crippen LogP contribution >= 0.6 is 0 Å². The van der Waals surface area contributed by atoms with Crippen LogP contribution in [0.4, 0.5) is 0 Å². The molecule has 1 aliphatic carbocycles. The molecule has 11 heavy (non-hydrogen) atoms. The van der Waals surface area contributed by atoms with E-state index in [0.717, 1.165) is 12.3 Å². The minimum atomic E-state index is 0.371. The van der Waals surface area contributed by atoms with E-state index in [9.17, 15) is 0 Å². The molecule has 2 fully saturated rings.